The van der Waals surface area contributed by atoms with Crippen LogP contribution in [0.3, 0.4) is 0 Å². The van der Waals surface area contributed by atoms with Gasteiger partial charge in [0, 0.05) is 18.2 Å². The van der Waals surface area contributed by atoms with Crippen LogP contribution in [0.4, 0.5) is 0 Å². The molecule has 0 aliphatic rings. The minimum atomic E-state index is 0.252. The third kappa shape index (κ3) is 3.24. The van der Waals surface area contributed by atoms with E-state index in [9.17, 15) is 5.11 Å². The zero-order valence-electron chi connectivity index (χ0n) is 11.0. The van der Waals surface area contributed by atoms with Crippen LogP contribution < -0.4 is 0 Å². The van der Waals surface area contributed by atoms with E-state index in [2.05, 4.69) is 45.7 Å². The quantitative estimate of drug-likeness (QED) is 0.842. The molecule has 0 aromatic heterocycles. The first-order valence-electron chi connectivity index (χ1n) is 5.91. The Morgan fingerprint density at radius 3 is 2.44 bits per heavy atom. The molecule has 0 spiro atoms. The smallest absolute Gasteiger partial charge is 0.120 e. The summed E-state index contributed by atoms with van der Waals surface area (Å²) in [7, 11) is 2.10. The maximum absolute atomic E-state index is 9.86. The van der Waals surface area contributed by atoms with Crippen molar-refractivity contribution in [3.8, 4) is 5.75 Å². The van der Waals surface area contributed by atoms with Crippen LogP contribution in [0.15, 0.2) is 18.2 Å². The van der Waals surface area contributed by atoms with Gasteiger partial charge in [-0.25, -0.2) is 0 Å². The van der Waals surface area contributed by atoms with Crippen LogP contribution in [-0.4, -0.2) is 23.6 Å². The van der Waals surface area contributed by atoms with Crippen LogP contribution in [0.5, 0.6) is 5.75 Å². The van der Waals surface area contributed by atoms with Crippen molar-refractivity contribution in [2.75, 3.05) is 13.6 Å². The van der Waals surface area contributed by atoms with Crippen LogP contribution in [-0.2, 0) is 0 Å². The lowest BCUT2D eigenvalue weighted by atomic mass is 10.0. The Hall–Kier alpha value is -1.02. The van der Waals surface area contributed by atoms with E-state index < -0.39 is 0 Å². The molecule has 2 heteroatoms. The van der Waals surface area contributed by atoms with Gasteiger partial charge in [0.05, 0.1) is 0 Å². The highest BCUT2D eigenvalue weighted by Crippen LogP contribution is 2.28. The number of hydrogen-bond donors (Lipinski definition) is 1. The molecule has 0 aliphatic carbocycles. The normalized spacial score (nSPS) is 13.4. The monoisotopic (exact) mass is 221 g/mol. The van der Waals surface area contributed by atoms with Gasteiger partial charge in [0.25, 0.3) is 0 Å². The Balaban J connectivity index is 2.86. The molecular weight excluding hydrogens is 198 g/mol. The summed E-state index contributed by atoms with van der Waals surface area (Å²) in [6.07, 6.45) is 0. The SMILES string of the molecule is Cc1ccc(O)c(C(C)N(C)CC(C)C)c1. The second-order valence-electron chi connectivity index (χ2n) is 5.07. The van der Waals surface area contributed by atoms with Crippen molar-refractivity contribution >= 4 is 0 Å². The first-order valence-corrected chi connectivity index (χ1v) is 5.91. The maximum Gasteiger partial charge on any atom is 0.120 e. The van der Waals surface area contributed by atoms with Crippen LogP contribution in [0.1, 0.15) is 37.9 Å². The van der Waals surface area contributed by atoms with Crippen molar-refractivity contribution in [1.82, 2.24) is 4.90 Å². The number of aryl methyl sites for hydroxylation is 1. The van der Waals surface area contributed by atoms with E-state index in [1.54, 1.807) is 6.07 Å². The Morgan fingerprint density at radius 1 is 1.25 bits per heavy atom. The molecule has 0 bridgehead atoms. The number of phenols is 1. The molecule has 2 nitrogen and oxygen atoms in total. The van der Waals surface area contributed by atoms with Gasteiger partial charge in [-0.15, -0.1) is 0 Å². The second kappa shape index (κ2) is 5.35. The molecule has 0 fully saturated rings. The molecular formula is C14H23NO. The Morgan fingerprint density at radius 2 is 1.88 bits per heavy atom. The van der Waals surface area contributed by atoms with E-state index in [1.165, 1.54) is 5.56 Å². The number of aromatic hydroxyl groups is 1. The molecule has 0 radical (unpaired) electrons. The predicted molar refractivity (Wildman–Crippen MR) is 68.7 cm³/mol. The largest absolute Gasteiger partial charge is 0.508 e. The Labute approximate surface area is 98.9 Å². The first-order chi connectivity index (χ1) is 7.41. The molecule has 1 aromatic rings. The van der Waals surface area contributed by atoms with E-state index in [0.29, 0.717) is 11.7 Å². The molecule has 1 N–H and O–H groups in total. The highest BCUT2D eigenvalue weighted by molar-refractivity contribution is 5.37. The molecule has 1 atom stereocenters. The molecule has 0 saturated carbocycles. The third-order valence-corrected chi connectivity index (χ3v) is 2.95. The van der Waals surface area contributed by atoms with Gasteiger partial charge >= 0.3 is 0 Å². The number of phenolic OH excluding ortho intramolecular Hbond substituents is 1. The van der Waals surface area contributed by atoms with Gasteiger partial charge < -0.3 is 5.11 Å². The van der Waals surface area contributed by atoms with E-state index in [-0.39, 0.29) is 6.04 Å². The summed E-state index contributed by atoms with van der Waals surface area (Å²) in [6.45, 7) is 9.64. The fourth-order valence-electron chi connectivity index (χ4n) is 1.98. The van der Waals surface area contributed by atoms with Crippen molar-refractivity contribution in [3.63, 3.8) is 0 Å². The highest BCUT2D eigenvalue weighted by atomic mass is 16.3. The predicted octanol–water partition coefficient (Wildman–Crippen LogP) is 3.35. The van der Waals surface area contributed by atoms with E-state index >= 15 is 0 Å². The lowest BCUT2D eigenvalue weighted by Crippen LogP contribution is -2.26. The standard InChI is InChI=1S/C14H23NO/c1-10(2)9-15(5)12(4)13-8-11(3)6-7-14(13)16/h6-8,10,12,16H,9H2,1-5H3. The average Bonchev–Trinajstić information content (AvgIpc) is 2.19. The summed E-state index contributed by atoms with van der Waals surface area (Å²) in [5.74, 6) is 1.04. The summed E-state index contributed by atoms with van der Waals surface area (Å²) >= 11 is 0. The fourth-order valence-corrected chi connectivity index (χ4v) is 1.98. The summed E-state index contributed by atoms with van der Waals surface area (Å²) in [4.78, 5) is 2.28. The second-order valence-corrected chi connectivity index (χ2v) is 5.07. The van der Waals surface area contributed by atoms with Gasteiger partial charge in [0.15, 0.2) is 0 Å². The summed E-state index contributed by atoms with van der Waals surface area (Å²) < 4.78 is 0. The average molecular weight is 221 g/mol. The Kier molecular flexibility index (Phi) is 4.36. The van der Waals surface area contributed by atoms with Gasteiger partial charge in [-0.1, -0.05) is 31.5 Å². The van der Waals surface area contributed by atoms with Crippen LogP contribution in [0, 0.1) is 12.8 Å². The first kappa shape index (κ1) is 13.0. The number of hydrogen-bond acceptors (Lipinski definition) is 2. The summed E-state index contributed by atoms with van der Waals surface area (Å²) in [5, 5.41) is 9.86. The molecule has 1 unspecified atom stereocenters. The topological polar surface area (TPSA) is 23.5 Å². The lowest BCUT2D eigenvalue weighted by Gasteiger charge is -2.27. The van der Waals surface area contributed by atoms with Crippen molar-refractivity contribution in [3.05, 3.63) is 29.3 Å². The number of nitrogens with zero attached hydrogens (tertiary/aromatic N) is 1. The van der Waals surface area contributed by atoms with Gasteiger partial charge in [-0.2, -0.15) is 0 Å². The third-order valence-electron chi connectivity index (χ3n) is 2.95. The molecule has 0 saturated heterocycles. The molecule has 1 rings (SSSR count). The van der Waals surface area contributed by atoms with Gasteiger partial charge in [0.2, 0.25) is 0 Å². The van der Waals surface area contributed by atoms with Crippen LogP contribution >= 0.6 is 0 Å². The fraction of sp³-hybridized carbons (Fsp3) is 0.571. The van der Waals surface area contributed by atoms with Crippen molar-refractivity contribution in [2.24, 2.45) is 5.92 Å². The molecule has 0 heterocycles. The minimum Gasteiger partial charge on any atom is -0.508 e. The minimum absolute atomic E-state index is 0.252. The van der Waals surface area contributed by atoms with Gasteiger partial charge in [-0.3, -0.25) is 4.90 Å². The lowest BCUT2D eigenvalue weighted by molar-refractivity contribution is 0.229. The zero-order chi connectivity index (χ0) is 12.3. The molecule has 0 amide bonds. The maximum atomic E-state index is 9.86. The summed E-state index contributed by atoms with van der Waals surface area (Å²) in [6, 6.07) is 6.04. The summed E-state index contributed by atoms with van der Waals surface area (Å²) in [5.41, 5.74) is 2.21. The Bertz CT molecular complexity index is 347. The van der Waals surface area contributed by atoms with Crippen molar-refractivity contribution in [1.29, 1.82) is 0 Å². The van der Waals surface area contributed by atoms with E-state index in [0.717, 1.165) is 12.1 Å². The van der Waals surface area contributed by atoms with E-state index in [1.807, 2.05) is 6.07 Å². The van der Waals surface area contributed by atoms with E-state index in [4.69, 9.17) is 0 Å². The number of rotatable bonds is 4. The molecule has 90 valence electrons. The molecule has 16 heavy (non-hydrogen) atoms. The number of benzene rings is 1. The van der Waals surface area contributed by atoms with Crippen molar-refractivity contribution in [2.45, 2.75) is 33.7 Å². The van der Waals surface area contributed by atoms with Gasteiger partial charge in [0.1, 0.15) is 5.75 Å². The zero-order valence-corrected chi connectivity index (χ0v) is 11.0. The van der Waals surface area contributed by atoms with Crippen LogP contribution in [0.2, 0.25) is 0 Å². The molecule has 0 aliphatic heterocycles. The van der Waals surface area contributed by atoms with Crippen LogP contribution in [0.25, 0.3) is 0 Å². The van der Waals surface area contributed by atoms with Gasteiger partial charge in [-0.05, 0) is 32.9 Å². The molecule has 1 aromatic carbocycles. The van der Waals surface area contributed by atoms with Crippen molar-refractivity contribution < 1.29 is 5.11 Å². The highest BCUT2D eigenvalue weighted by Gasteiger charge is 2.15.